The van der Waals surface area contributed by atoms with Crippen molar-refractivity contribution >= 4 is 33.9 Å². The highest BCUT2D eigenvalue weighted by Gasteiger charge is 2.17. The van der Waals surface area contributed by atoms with Gasteiger partial charge in [0.15, 0.2) is 0 Å². The molecule has 21 heavy (non-hydrogen) atoms. The quantitative estimate of drug-likeness (QED) is 0.737. The number of benzene rings is 1. The predicted molar refractivity (Wildman–Crippen MR) is 84.2 cm³/mol. The fraction of sp³-hybridized carbons (Fsp3) is 0.333. The van der Waals surface area contributed by atoms with Gasteiger partial charge < -0.3 is 15.2 Å². The number of halogens is 1. The lowest BCUT2D eigenvalue weighted by Crippen LogP contribution is -2.39. The summed E-state index contributed by atoms with van der Waals surface area (Å²) in [5.74, 6) is -0.845. The van der Waals surface area contributed by atoms with Crippen molar-refractivity contribution < 1.29 is 19.4 Å². The second-order valence-electron chi connectivity index (χ2n) is 4.41. The zero-order valence-corrected chi connectivity index (χ0v) is 13.5. The van der Waals surface area contributed by atoms with Crippen LogP contribution in [-0.2, 0) is 9.59 Å². The number of nitrogens with one attached hydrogen (secondary N) is 1. The predicted octanol–water partition coefficient (Wildman–Crippen LogP) is 2.84. The Morgan fingerprint density at radius 1 is 1.48 bits per heavy atom. The minimum absolute atomic E-state index is 0.398. The molecule has 0 aliphatic rings. The molecule has 1 amide bonds. The molecule has 0 fully saturated rings. The van der Waals surface area contributed by atoms with Crippen molar-refractivity contribution in [3.05, 3.63) is 34.3 Å². The van der Waals surface area contributed by atoms with E-state index < -0.39 is 17.9 Å². The Kier molecular flexibility index (Phi) is 6.94. The van der Waals surface area contributed by atoms with Crippen LogP contribution >= 0.6 is 15.9 Å². The van der Waals surface area contributed by atoms with Crippen molar-refractivity contribution in [3.8, 4) is 5.75 Å². The minimum Gasteiger partial charge on any atom is -0.496 e. The first-order valence-corrected chi connectivity index (χ1v) is 7.32. The molecule has 0 spiro atoms. The van der Waals surface area contributed by atoms with Crippen LogP contribution in [0.3, 0.4) is 0 Å². The summed E-state index contributed by atoms with van der Waals surface area (Å²) in [4.78, 5) is 22.8. The van der Waals surface area contributed by atoms with E-state index in [2.05, 4.69) is 21.2 Å². The van der Waals surface area contributed by atoms with Crippen molar-refractivity contribution in [3.63, 3.8) is 0 Å². The summed E-state index contributed by atoms with van der Waals surface area (Å²) in [5, 5.41) is 11.5. The molecule has 0 radical (unpaired) electrons. The topological polar surface area (TPSA) is 75.6 Å². The van der Waals surface area contributed by atoms with E-state index >= 15 is 0 Å². The number of rotatable bonds is 7. The molecular formula is C15H18BrNO4. The average molecular weight is 356 g/mol. The fourth-order valence-corrected chi connectivity index (χ4v) is 2.15. The summed E-state index contributed by atoms with van der Waals surface area (Å²) < 4.78 is 6.05. The molecule has 1 atom stereocenters. The van der Waals surface area contributed by atoms with Crippen LogP contribution < -0.4 is 10.1 Å². The summed E-state index contributed by atoms with van der Waals surface area (Å²) in [7, 11) is 1.54. The highest BCUT2D eigenvalue weighted by molar-refractivity contribution is 9.10. The van der Waals surface area contributed by atoms with Gasteiger partial charge in [0.2, 0.25) is 5.91 Å². The van der Waals surface area contributed by atoms with Gasteiger partial charge in [0, 0.05) is 16.1 Å². The molecule has 6 heteroatoms. The lowest BCUT2D eigenvalue weighted by Gasteiger charge is -2.11. The first-order chi connectivity index (χ1) is 9.97. The van der Waals surface area contributed by atoms with Gasteiger partial charge in [-0.2, -0.15) is 0 Å². The third-order valence-corrected chi connectivity index (χ3v) is 3.29. The number of hydrogen-bond acceptors (Lipinski definition) is 3. The number of carbonyl (C=O) groups excluding carboxylic acids is 1. The maximum atomic E-state index is 11.8. The van der Waals surface area contributed by atoms with Gasteiger partial charge in [-0.3, -0.25) is 4.79 Å². The second kappa shape index (κ2) is 8.46. The Morgan fingerprint density at radius 3 is 2.76 bits per heavy atom. The van der Waals surface area contributed by atoms with Gasteiger partial charge in [-0.1, -0.05) is 29.3 Å². The monoisotopic (exact) mass is 355 g/mol. The second-order valence-corrected chi connectivity index (χ2v) is 5.32. The van der Waals surface area contributed by atoms with E-state index in [1.807, 2.05) is 19.1 Å². The van der Waals surface area contributed by atoms with Gasteiger partial charge in [-0.05, 0) is 30.7 Å². The van der Waals surface area contributed by atoms with Crippen molar-refractivity contribution in [2.45, 2.75) is 25.8 Å². The summed E-state index contributed by atoms with van der Waals surface area (Å²) in [6.45, 7) is 1.87. The molecule has 0 aliphatic heterocycles. The molecule has 114 valence electrons. The van der Waals surface area contributed by atoms with Crippen LogP contribution in [0.25, 0.3) is 6.08 Å². The van der Waals surface area contributed by atoms with Crippen molar-refractivity contribution in [1.29, 1.82) is 0 Å². The third-order valence-electron chi connectivity index (χ3n) is 2.80. The number of methoxy groups -OCH3 is 1. The van der Waals surface area contributed by atoms with Gasteiger partial charge >= 0.3 is 5.97 Å². The number of ether oxygens (including phenoxy) is 1. The summed E-state index contributed by atoms with van der Waals surface area (Å²) >= 11 is 3.34. The third kappa shape index (κ3) is 5.59. The van der Waals surface area contributed by atoms with E-state index in [1.54, 1.807) is 19.3 Å². The molecule has 0 saturated heterocycles. The zero-order valence-electron chi connectivity index (χ0n) is 11.9. The van der Waals surface area contributed by atoms with Crippen LogP contribution in [-0.4, -0.2) is 30.1 Å². The summed E-state index contributed by atoms with van der Waals surface area (Å²) in [6.07, 6.45) is 3.97. The molecule has 0 heterocycles. The smallest absolute Gasteiger partial charge is 0.326 e. The lowest BCUT2D eigenvalue weighted by molar-refractivity contribution is -0.141. The first kappa shape index (κ1) is 17.2. The molecule has 0 aromatic heterocycles. The van der Waals surface area contributed by atoms with Gasteiger partial charge in [0.1, 0.15) is 11.8 Å². The van der Waals surface area contributed by atoms with Gasteiger partial charge in [0.05, 0.1) is 7.11 Å². The van der Waals surface area contributed by atoms with E-state index in [4.69, 9.17) is 9.84 Å². The maximum Gasteiger partial charge on any atom is 0.326 e. The normalized spacial score (nSPS) is 12.1. The average Bonchev–Trinajstić information content (AvgIpc) is 2.44. The van der Waals surface area contributed by atoms with Gasteiger partial charge in [-0.15, -0.1) is 0 Å². The van der Waals surface area contributed by atoms with Crippen LogP contribution in [0.15, 0.2) is 28.7 Å². The van der Waals surface area contributed by atoms with Crippen LogP contribution in [0.4, 0.5) is 0 Å². The number of carboxylic acids is 1. The SMILES string of the molecule is CCCC(NC(=O)/C=C/c1cc(Br)ccc1OC)C(=O)O. The summed E-state index contributed by atoms with van der Waals surface area (Å²) in [5.41, 5.74) is 0.726. The number of amides is 1. The molecule has 0 bridgehead atoms. The molecule has 1 unspecified atom stereocenters. The Labute approximate surface area is 132 Å². The fourth-order valence-electron chi connectivity index (χ4n) is 1.77. The molecule has 5 nitrogen and oxygen atoms in total. The number of aliphatic carboxylic acids is 1. The summed E-state index contributed by atoms with van der Waals surface area (Å²) in [6, 6.07) is 4.55. The first-order valence-electron chi connectivity index (χ1n) is 6.52. The highest BCUT2D eigenvalue weighted by atomic mass is 79.9. The Bertz CT molecular complexity index is 542. The Hall–Kier alpha value is -1.82. The van der Waals surface area contributed by atoms with Crippen molar-refractivity contribution in [2.24, 2.45) is 0 Å². The molecule has 0 saturated carbocycles. The van der Waals surface area contributed by atoms with Crippen LogP contribution in [0, 0.1) is 0 Å². The van der Waals surface area contributed by atoms with Crippen molar-refractivity contribution in [1.82, 2.24) is 5.32 Å². The standard InChI is InChI=1S/C15H18BrNO4/c1-3-4-12(15(19)20)17-14(18)8-5-10-9-11(16)6-7-13(10)21-2/h5-9,12H,3-4H2,1-2H3,(H,17,18)(H,19,20)/b8-5+. The highest BCUT2D eigenvalue weighted by Crippen LogP contribution is 2.24. The van der Waals surface area contributed by atoms with E-state index in [0.29, 0.717) is 18.6 Å². The molecular weight excluding hydrogens is 338 g/mol. The molecule has 1 aromatic rings. The Balaban J connectivity index is 2.78. The van der Waals surface area contributed by atoms with E-state index in [1.165, 1.54) is 6.08 Å². The molecule has 2 N–H and O–H groups in total. The largest absolute Gasteiger partial charge is 0.496 e. The zero-order chi connectivity index (χ0) is 15.8. The Morgan fingerprint density at radius 2 is 2.19 bits per heavy atom. The van der Waals surface area contributed by atoms with Crippen LogP contribution in [0.1, 0.15) is 25.3 Å². The minimum atomic E-state index is -1.03. The number of hydrogen-bond donors (Lipinski definition) is 2. The molecule has 1 rings (SSSR count). The van der Waals surface area contributed by atoms with Crippen molar-refractivity contribution in [2.75, 3.05) is 7.11 Å². The van der Waals surface area contributed by atoms with E-state index in [-0.39, 0.29) is 0 Å². The van der Waals surface area contributed by atoms with Gasteiger partial charge in [-0.25, -0.2) is 4.79 Å². The maximum absolute atomic E-state index is 11.8. The van der Waals surface area contributed by atoms with Crippen LogP contribution in [0.2, 0.25) is 0 Å². The molecule has 0 aliphatic carbocycles. The molecule has 1 aromatic carbocycles. The lowest BCUT2D eigenvalue weighted by atomic mass is 10.1. The van der Waals surface area contributed by atoms with Gasteiger partial charge in [0.25, 0.3) is 0 Å². The van der Waals surface area contributed by atoms with E-state index in [0.717, 1.165) is 10.0 Å². The number of carboxylic acid groups (broad SMARTS) is 1. The number of carbonyl (C=O) groups is 2. The van der Waals surface area contributed by atoms with Crippen LogP contribution in [0.5, 0.6) is 5.75 Å². The van der Waals surface area contributed by atoms with E-state index in [9.17, 15) is 9.59 Å².